The average molecular weight is 408 g/mol. The topological polar surface area (TPSA) is 84.0 Å². The standard InChI is InChI=1S/C23H29N5O2/c1-16-14-18-8-4-5-9-20(18)28(16)23(29)17(2)30-26-22(24)19-10-11-21(25-15-19)27-12-6-3-7-13-27/h4-5,8-11,15-17H,3,6-7,12-14H2,1-2H3,(H2,24,26). The molecule has 0 spiro atoms. The lowest BCUT2D eigenvalue weighted by molar-refractivity contribution is -0.129. The first kappa shape index (κ1) is 20.2. The van der Waals surface area contributed by atoms with E-state index in [9.17, 15) is 4.79 Å². The zero-order valence-corrected chi connectivity index (χ0v) is 17.6. The largest absolute Gasteiger partial charge is 0.381 e. The van der Waals surface area contributed by atoms with Gasteiger partial charge in [-0.15, -0.1) is 0 Å². The highest BCUT2D eigenvalue weighted by atomic mass is 16.6. The highest BCUT2D eigenvalue weighted by Crippen LogP contribution is 2.32. The number of nitrogens with zero attached hydrogens (tertiary/aromatic N) is 4. The van der Waals surface area contributed by atoms with E-state index in [0.29, 0.717) is 5.56 Å². The number of anilines is 2. The Balaban J connectivity index is 1.40. The van der Waals surface area contributed by atoms with Crippen LogP contribution in [0.3, 0.4) is 0 Å². The van der Waals surface area contributed by atoms with Gasteiger partial charge in [0, 0.05) is 36.6 Å². The van der Waals surface area contributed by atoms with Gasteiger partial charge in [-0.05, 0) is 63.3 Å². The smallest absolute Gasteiger partial charge is 0.270 e. The molecule has 7 nitrogen and oxygen atoms in total. The summed E-state index contributed by atoms with van der Waals surface area (Å²) in [6.07, 6.45) is 5.49. The minimum atomic E-state index is -0.738. The van der Waals surface area contributed by atoms with E-state index in [0.717, 1.165) is 31.0 Å². The van der Waals surface area contributed by atoms with Crippen LogP contribution in [0.15, 0.2) is 47.8 Å². The molecule has 1 fully saturated rings. The molecule has 2 N–H and O–H groups in total. The molecule has 0 saturated carbocycles. The maximum Gasteiger partial charge on any atom is 0.270 e. The van der Waals surface area contributed by atoms with Gasteiger partial charge in [0.2, 0.25) is 6.10 Å². The normalized spacial score (nSPS) is 20.1. The monoisotopic (exact) mass is 407 g/mol. The lowest BCUT2D eigenvalue weighted by Gasteiger charge is -2.27. The Morgan fingerprint density at radius 1 is 1.20 bits per heavy atom. The fourth-order valence-electron chi connectivity index (χ4n) is 4.18. The molecule has 2 atom stereocenters. The van der Waals surface area contributed by atoms with Gasteiger partial charge in [-0.1, -0.05) is 23.4 Å². The molecule has 2 unspecified atom stereocenters. The third-order valence-corrected chi connectivity index (χ3v) is 5.83. The Hall–Kier alpha value is -3.09. The summed E-state index contributed by atoms with van der Waals surface area (Å²) in [6.45, 7) is 5.82. The number of hydrogen-bond acceptors (Lipinski definition) is 5. The van der Waals surface area contributed by atoms with Crippen molar-refractivity contribution in [1.82, 2.24) is 4.98 Å². The molecule has 1 aromatic heterocycles. The average Bonchev–Trinajstić information content (AvgIpc) is 3.13. The van der Waals surface area contributed by atoms with Crippen molar-refractivity contribution in [2.45, 2.75) is 51.7 Å². The van der Waals surface area contributed by atoms with Crippen LogP contribution in [0.2, 0.25) is 0 Å². The maximum absolute atomic E-state index is 13.0. The van der Waals surface area contributed by atoms with Gasteiger partial charge in [-0.3, -0.25) is 4.79 Å². The van der Waals surface area contributed by atoms with Gasteiger partial charge in [0.1, 0.15) is 5.82 Å². The Bertz CT molecular complexity index is 921. The van der Waals surface area contributed by atoms with Crippen LogP contribution in [0, 0.1) is 0 Å². The van der Waals surface area contributed by atoms with E-state index in [2.05, 4.69) is 21.1 Å². The van der Waals surface area contributed by atoms with E-state index in [4.69, 9.17) is 10.6 Å². The first-order valence-corrected chi connectivity index (χ1v) is 10.7. The van der Waals surface area contributed by atoms with Gasteiger partial charge in [-0.25, -0.2) is 4.98 Å². The maximum atomic E-state index is 13.0. The molecule has 0 radical (unpaired) electrons. The van der Waals surface area contributed by atoms with Crippen LogP contribution in [0.25, 0.3) is 0 Å². The van der Waals surface area contributed by atoms with Crippen molar-refractivity contribution in [3.05, 3.63) is 53.7 Å². The lowest BCUT2D eigenvalue weighted by atomic mass is 10.1. The summed E-state index contributed by atoms with van der Waals surface area (Å²) >= 11 is 0. The summed E-state index contributed by atoms with van der Waals surface area (Å²) in [5.74, 6) is 1.04. The van der Waals surface area contributed by atoms with Crippen molar-refractivity contribution in [2.75, 3.05) is 22.9 Å². The molecule has 2 aliphatic rings. The number of pyridine rings is 1. The van der Waals surface area contributed by atoms with E-state index >= 15 is 0 Å². The van der Waals surface area contributed by atoms with Crippen molar-refractivity contribution in [3.63, 3.8) is 0 Å². The number of carbonyl (C=O) groups is 1. The highest BCUT2D eigenvalue weighted by Gasteiger charge is 2.34. The number of para-hydroxylation sites is 1. The van der Waals surface area contributed by atoms with Gasteiger partial charge in [0.25, 0.3) is 5.91 Å². The first-order valence-electron chi connectivity index (χ1n) is 10.7. The van der Waals surface area contributed by atoms with Gasteiger partial charge in [0.15, 0.2) is 5.84 Å². The number of amidine groups is 1. The number of amides is 1. The van der Waals surface area contributed by atoms with E-state index in [-0.39, 0.29) is 17.8 Å². The third kappa shape index (κ3) is 4.10. The summed E-state index contributed by atoms with van der Waals surface area (Å²) in [4.78, 5) is 27.0. The Labute approximate surface area is 177 Å². The van der Waals surface area contributed by atoms with Gasteiger partial charge in [-0.2, -0.15) is 0 Å². The molecule has 1 saturated heterocycles. The summed E-state index contributed by atoms with van der Waals surface area (Å²) in [6, 6.07) is 11.9. The molecule has 0 bridgehead atoms. The molecule has 2 aromatic rings. The van der Waals surface area contributed by atoms with Crippen molar-refractivity contribution in [3.8, 4) is 0 Å². The van der Waals surface area contributed by atoms with Gasteiger partial charge < -0.3 is 20.4 Å². The quantitative estimate of drug-likeness (QED) is 0.468. The number of rotatable bonds is 5. The third-order valence-electron chi connectivity index (χ3n) is 5.83. The molecular weight excluding hydrogens is 378 g/mol. The van der Waals surface area contributed by atoms with Crippen LogP contribution in [0.4, 0.5) is 11.5 Å². The molecule has 2 aliphatic heterocycles. The molecule has 1 amide bonds. The first-order chi connectivity index (χ1) is 14.5. The Kier molecular flexibility index (Phi) is 5.88. The summed E-state index contributed by atoms with van der Waals surface area (Å²) in [5.41, 5.74) is 8.87. The van der Waals surface area contributed by atoms with Gasteiger partial charge >= 0.3 is 0 Å². The number of hydrogen-bond donors (Lipinski definition) is 1. The van der Waals surface area contributed by atoms with E-state index < -0.39 is 6.10 Å². The Morgan fingerprint density at radius 3 is 2.70 bits per heavy atom. The lowest BCUT2D eigenvalue weighted by Crippen LogP contribution is -2.42. The number of aromatic nitrogens is 1. The SMILES string of the molecule is CC(O/N=C(\N)c1ccc(N2CCCCC2)nc1)C(=O)N1c2ccccc2CC1C. The van der Waals surface area contributed by atoms with Crippen LogP contribution in [-0.4, -0.2) is 42.0 Å². The second-order valence-electron chi connectivity index (χ2n) is 8.07. The fourth-order valence-corrected chi connectivity index (χ4v) is 4.18. The predicted molar refractivity (Wildman–Crippen MR) is 119 cm³/mol. The molecule has 0 aliphatic carbocycles. The molecule has 7 heteroatoms. The second-order valence-corrected chi connectivity index (χ2v) is 8.07. The van der Waals surface area contributed by atoms with Crippen LogP contribution in [0.5, 0.6) is 0 Å². The van der Waals surface area contributed by atoms with E-state index in [1.807, 2.05) is 37.3 Å². The van der Waals surface area contributed by atoms with Gasteiger partial charge in [0.05, 0.1) is 0 Å². The molecule has 1 aromatic carbocycles. The fraction of sp³-hybridized carbons (Fsp3) is 0.435. The molecule has 4 rings (SSSR count). The number of carbonyl (C=O) groups excluding carboxylic acids is 1. The van der Waals surface area contributed by atoms with E-state index in [1.165, 1.54) is 24.8 Å². The number of benzene rings is 1. The molecule has 158 valence electrons. The zero-order valence-electron chi connectivity index (χ0n) is 17.6. The van der Waals surface area contributed by atoms with Crippen molar-refractivity contribution in [2.24, 2.45) is 10.9 Å². The molecule has 30 heavy (non-hydrogen) atoms. The number of piperidine rings is 1. The second kappa shape index (κ2) is 8.73. The molecular formula is C23H29N5O2. The van der Waals surface area contributed by atoms with Crippen molar-refractivity contribution in [1.29, 1.82) is 0 Å². The summed E-state index contributed by atoms with van der Waals surface area (Å²) in [7, 11) is 0. The van der Waals surface area contributed by atoms with Crippen molar-refractivity contribution < 1.29 is 9.63 Å². The summed E-state index contributed by atoms with van der Waals surface area (Å²) in [5, 5.41) is 4.00. The van der Waals surface area contributed by atoms with Crippen LogP contribution < -0.4 is 15.5 Å². The van der Waals surface area contributed by atoms with Crippen LogP contribution in [0.1, 0.15) is 44.2 Å². The predicted octanol–water partition coefficient (Wildman–Crippen LogP) is 3.08. The number of oxime groups is 1. The molecule has 3 heterocycles. The van der Waals surface area contributed by atoms with Crippen LogP contribution >= 0.6 is 0 Å². The highest BCUT2D eigenvalue weighted by molar-refractivity contribution is 5.99. The van der Waals surface area contributed by atoms with Crippen molar-refractivity contribution >= 4 is 23.2 Å². The summed E-state index contributed by atoms with van der Waals surface area (Å²) < 4.78 is 0. The Morgan fingerprint density at radius 2 is 1.97 bits per heavy atom. The minimum absolute atomic E-state index is 0.0915. The number of fused-ring (bicyclic) bond motifs is 1. The minimum Gasteiger partial charge on any atom is -0.381 e. The van der Waals surface area contributed by atoms with E-state index in [1.54, 1.807) is 18.0 Å². The number of nitrogens with two attached hydrogens (primary N) is 1. The van der Waals surface area contributed by atoms with Crippen LogP contribution in [-0.2, 0) is 16.1 Å². The zero-order chi connectivity index (χ0) is 21.1.